The number of rotatable bonds is 4. The summed E-state index contributed by atoms with van der Waals surface area (Å²) in [5.74, 6) is 1.10. The van der Waals surface area contributed by atoms with E-state index in [1.54, 1.807) is 24.3 Å². The number of nitriles is 1. The smallest absolute Gasteiger partial charge is 0.174 e. The van der Waals surface area contributed by atoms with Gasteiger partial charge in [-0.1, -0.05) is 12.1 Å². The van der Waals surface area contributed by atoms with E-state index in [0.717, 1.165) is 0 Å². The third-order valence-electron chi connectivity index (χ3n) is 1.61. The lowest BCUT2D eigenvalue weighted by Crippen LogP contribution is -2.15. The standard InChI is InChI=1S/C10H11NO3/c1-13-9-4-2-3-5-10(9)14-7-8(12)6-11/h2-5,8,12H,7H2,1H3. The molecule has 0 fully saturated rings. The summed E-state index contributed by atoms with van der Waals surface area (Å²) < 4.78 is 10.2. The summed E-state index contributed by atoms with van der Waals surface area (Å²) in [5, 5.41) is 17.3. The molecule has 0 aliphatic heterocycles. The Morgan fingerprint density at radius 3 is 2.64 bits per heavy atom. The number of nitrogens with zero attached hydrogens (tertiary/aromatic N) is 1. The van der Waals surface area contributed by atoms with Gasteiger partial charge in [0.05, 0.1) is 13.2 Å². The van der Waals surface area contributed by atoms with Crippen molar-refractivity contribution in [3.63, 3.8) is 0 Å². The lowest BCUT2D eigenvalue weighted by Gasteiger charge is -2.10. The second-order valence-electron chi connectivity index (χ2n) is 2.61. The Morgan fingerprint density at radius 1 is 1.43 bits per heavy atom. The van der Waals surface area contributed by atoms with Crippen molar-refractivity contribution in [2.75, 3.05) is 13.7 Å². The fourth-order valence-electron chi connectivity index (χ4n) is 0.944. The molecule has 0 spiro atoms. The van der Waals surface area contributed by atoms with Gasteiger partial charge in [-0.2, -0.15) is 5.26 Å². The molecule has 1 rings (SSSR count). The first-order valence-corrected chi connectivity index (χ1v) is 4.11. The van der Waals surface area contributed by atoms with Crippen molar-refractivity contribution < 1.29 is 14.6 Å². The third kappa shape index (κ3) is 2.64. The minimum Gasteiger partial charge on any atom is -0.493 e. The third-order valence-corrected chi connectivity index (χ3v) is 1.61. The number of benzene rings is 1. The largest absolute Gasteiger partial charge is 0.493 e. The normalized spacial score (nSPS) is 11.5. The van der Waals surface area contributed by atoms with Crippen LogP contribution < -0.4 is 9.47 Å². The van der Waals surface area contributed by atoms with Crippen molar-refractivity contribution >= 4 is 0 Å². The van der Waals surface area contributed by atoms with Gasteiger partial charge in [-0.3, -0.25) is 0 Å². The van der Waals surface area contributed by atoms with Crippen LogP contribution in [0.1, 0.15) is 0 Å². The van der Waals surface area contributed by atoms with Gasteiger partial charge in [0.15, 0.2) is 17.6 Å². The second kappa shape index (κ2) is 5.10. The van der Waals surface area contributed by atoms with Gasteiger partial charge in [-0.05, 0) is 12.1 Å². The van der Waals surface area contributed by atoms with E-state index in [-0.39, 0.29) is 6.61 Å². The van der Waals surface area contributed by atoms with Crippen LogP contribution in [0.2, 0.25) is 0 Å². The number of hydrogen-bond acceptors (Lipinski definition) is 4. The average Bonchev–Trinajstić information content (AvgIpc) is 2.26. The summed E-state index contributed by atoms with van der Waals surface area (Å²) >= 11 is 0. The number of aliphatic hydroxyl groups excluding tert-OH is 1. The first-order valence-electron chi connectivity index (χ1n) is 4.11. The minimum absolute atomic E-state index is 0.0587. The van der Waals surface area contributed by atoms with Crippen molar-refractivity contribution in [2.45, 2.75) is 6.10 Å². The van der Waals surface area contributed by atoms with Crippen LogP contribution in [0, 0.1) is 11.3 Å². The van der Waals surface area contributed by atoms with Crippen LogP contribution in [0.15, 0.2) is 24.3 Å². The number of ether oxygens (including phenoxy) is 2. The van der Waals surface area contributed by atoms with Crippen molar-refractivity contribution in [1.29, 1.82) is 5.26 Å². The maximum atomic E-state index is 8.96. The summed E-state index contributed by atoms with van der Waals surface area (Å²) in [6.07, 6.45) is -1.11. The molecule has 74 valence electrons. The maximum Gasteiger partial charge on any atom is 0.174 e. The van der Waals surface area contributed by atoms with Crippen molar-refractivity contribution in [3.05, 3.63) is 24.3 Å². The zero-order chi connectivity index (χ0) is 10.4. The number of methoxy groups -OCH3 is 1. The molecule has 1 N–H and O–H groups in total. The Morgan fingerprint density at radius 2 is 2.07 bits per heavy atom. The molecule has 0 radical (unpaired) electrons. The van der Waals surface area contributed by atoms with Crippen molar-refractivity contribution in [3.8, 4) is 17.6 Å². The predicted octanol–water partition coefficient (Wildman–Crippen LogP) is 0.958. The van der Waals surface area contributed by atoms with Crippen LogP contribution in [0.3, 0.4) is 0 Å². The Balaban J connectivity index is 2.63. The van der Waals surface area contributed by atoms with Gasteiger partial charge in [-0.15, -0.1) is 0 Å². The molecule has 1 unspecified atom stereocenters. The van der Waals surface area contributed by atoms with E-state index in [4.69, 9.17) is 19.8 Å². The van der Waals surface area contributed by atoms with Crippen LogP contribution in [-0.4, -0.2) is 24.9 Å². The van der Waals surface area contributed by atoms with Crippen molar-refractivity contribution in [2.24, 2.45) is 0 Å². The van der Waals surface area contributed by atoms with Crippen LogP contribution in [0.5, 0.6) is 11.5 Å². The molecule has 4 nitrogen and oxygen atoms in total. The highest BCUT2D eigenvalue weighted by atomic mass is 16.5. The van der Waals surface area contributed by atoms with Crippen LogP contribution in [-0.2, 0) is 0 Å². The molecular weight excluding hydrogens is 182 g/mol. The molecule has 0 bridgehead atoms. The summed E-state index contributed by atoms with van der Waals surface area (Å²) in [6.45, 7) is -0.0587. The van der Waals surface area contributed by atoms with Crippen LogP contribution in [0.25, 0.3) is 0 Å². The van der Waals surface area contributed by atoms with Gasteiger partial charge in [0.25, 0.3) is 0 Å². The predicted molar refractivity (Wildman–Crippen MR) is 50.1 cm³/mol. The first-order chi connectivity index (χ1) is 6.77. The molecule has 1 aromatic rings. The van der Waals surface area contributed by atoms with Gasteiger partial charge in [-0.25, -0.2) is 0 Å². The SMILES string of the molecule is COc1ccccc1OCC(O)C#N. The maximum absolute atomic E-state index is 8.96. The van der Waals surface area contributed by atoms with Gasteiger partial charge < -0.3 is 14.6 Å². The van der Waals surface area contributed by atoms with E-state index < -0.39 is 6.10 Å². The average molecular weight is 193 g/mol. The van der Waals surface area contributed by atoms with E-state index in [1.807, 2.05) is 6.07 Å². The molecule has 0 aliphatic rings. The van der Waals surface area contributed by atoms with Crippen LogP contribution in [0.4, 0.5) is 0 Å². The number of para-hydroxylation sites is 2. The summed E-state index contributed by atoms with van der Waals surface area (Å²) in [7, 11) is 1.53. The highest BCUT2D eigenvalue weighted by molar-refractivity contribution is 5.39. The number of hydrogen-bond donors (Lipinski definition) is 1. The number of aliphatic hydroxyl groups is 1. The molecule has 0 heterocycles. The second-order valence-corrected chi connectivity index (χ2v) is 2.61. The Bertz CT molecular complexity index is 332. The fraction of sp³-hybridized carbons (Fsp3) is 0.300. The molecule has 1 aromatic carbocycles. The van der Waals surface area contributed by atoms with Gasteiger partial charge >= 0.3 is 0 Å². The first kappa shape index (κ1) is 10.4. The molecule has 0 aromatic heterocycles. The zero-order valence-electron chi connectivity index (χ0n) is 7.80. The van der Waals surface area contributed by atoms with Gasteiger partial charge in [0, 0.05) is 0 Å². The Kier molecular flexibility index (Phi) is 3.77. The Hall–Kier alpha value is -1.73. The topological polar surface area (TPSA) is 62.5 Å². The molecular formula is C10H11NO3. The highest BCUT2D eigenvalue weighted by Crippen LogP contribution is 2.25. The fourth-order valence-corrected chi connectivity index (χ4v) is 0.944. The summed E-state index contributed by atoms with van der Waals surface area (Å²) in [4.78, 5) is 0. The zero-order valence-corrected chi connectivity index (χ0v) is 7.80. The van der Waals surface area contributed by atoms with Gasteiger partial charge in [0.2, 0.25) is 0 Å². The molecule has 0 saturated carbocycles. The van der Waals surface area contributed by atoms with Gasteiger partial charge in [0.1, 0.15) is 6.61 Å². The summed E-state index contributed by atoms with van der Waals surface area (Å²) in [6, 6.07) is 8.72. The van der Waals surface area contributed by atoms with E-state index in [2.05, 4.69) is 0 Å². The molecule has 14 heavy (non-hydrogen) atoms. The molecule has 0 amide bonds. The summed E-state index contributed by atoms with van der Waals surface area (Å²) in [5.41, 5.74) is 0. The van der Waals surface area contributed by atoms with E-state index >= 15 is 0 Å². The van der Waals surface area contributed by atoms with E-state index in [1.165, 1.54) is 7.11 Å². The lowest BCUT2D eigenvalue weighted by atomic mass is 10.3. The van der Waals surface area contributed by atoms with E-state index in [9.17, 15) is 0 Å². The molecule has 1 atom stereocenters. The van der Waals surface area contributed by atoms with E-state index in [0.29, 0.717) is 11.5 Å². The molecule has 0 saturated heterocycles. The molecule has 4 heteroatoms. The van der Waals surface area contributed by atoms with Crippen LogP contribution >= 0.6 is 0 Å². The highest BCUT2D eigenvalue weighted by Gasteiger charge is 2.06. The van der Waals surface area contributed by atoms with Crippen molar-refractivity contribution in [1.82, 2.24) is 0 Å². The minimum atomic E-state index is -1.11. The molecule has 0 aliphatic carbocycles. The Labute approximate surface area is 82.3 Å². The lowest BCUT2D eigenvalue weighted by molar-refractivity contribution is 0.147. The monoisotopic (exact) mass is 193 g/mol. The quantitative estimate of drug-likeness (QED) is 0.723.